The van der Waals surface area contributed by atoms with Crippen molar-refractivity contribution in [2.24, 2.45) is 0 Å². The smallest absolute Gasteiger partial charge is 0.135 e. The molecule has 0 aliphatic heterocycles. The highest BCUT2D eigenvalue weighted by Crippen LogP contribution is 2.39. The lowest BCUT2D eigenvalue weighted by molar-refractivity contribution is 0.664. The summed E-state index contributed by atoms with van der Waals surface area (Å²) in [5, 5.41) is 7.07. The number of hydrogen-bond acceptors (Lipinski definition) is 1. The summed E-state index contributed by atoms with van der Waals surface area (Å²) in [6, 6.07) is 21.0. The van der Waals surface area contributed by atoms with Gasteiger partial charge in [-0.25, -0.2) is 0 Å². The average Bonchev–Trinajstić information content (AvgIpc) is 2.72. The Morgan fingerprint density at radius 3 is 1.43 bits per heavy atom. The topological polar surface area (TPSA) is 13.1 Å². The second-order valence-electron chi connectivity index (χ2n) is 5.65. The lowest BCUT2D eigenvalue weighted by atomic mass is 10.00. The van der Waals surface area contributed by atoms with Gasteiger partial charge in [-0.3, -0.25) is 0 Å². The molecule has 0 spiro atoms. The van der Waals surface area contributed by atoms with Crippen molar-refractivity contribution < 1.29 is 4.42 Å². The first kappa shape index (κ1) is 13.6. The molecule has 0 saturated heterocycles. The number of fused-ring (bicyclic) bond motifs is 1. The third-order valence-corrected chi connectivity index (χ3v) is 5.79. The van der Waals surface area contributed by atoms with Gasteiger partial charge >= 0.3 is 0 Å². The van der Waals surface area contributed by atoms with E-state index in [2.05, 4.69) is 68.3 Å². The van der Waals surface area contributed by atoms with Crippen LogP contribution in [0.15, 0.2) is 74.0 Å². The molecule has 1 nitrogen and oxygen atoms in total. The Morgan fingerprint density at radius 1 is 0.522 bits per heavy atom. The molecule has 0 fully saturated rings. The fourth-order valence-corrected chi connectivity index (χ4v) is 4.34. The lowest BCUT2D eigenvalue weighted by Crippen LogP contribution is -1.79. The van der Waals surface area contributed by atoms with Gasteiger partial charge in [0.15, 0.2) is 0 Å². The molecule has 3 heteroatoms. The maximum absolute atomic E-state index is 6.31. The van der Waals surface area contributed by atoms with E-state index in [4.69, 9.17) is 4.42 Å². The van der Waals surface area contributed by atoms with Crippen LogP contribution in [0.2, 0.25) is 0 Å². The molecule has 0 bridgehead atoms. The fourth-order valence-electron chi connectivity index (χ4n) is 3.41. The summed E-state index contributed by atoms with van der Waals surface area (Å²) in [7, 11) is 0. The van der Waals surface area contributed by atoms with Crippen molar-refractivity contribution in [1.82, 2.24) is 0 Å². The third-order valence-electron chi connectivity index (χ3n) is 4.41. The summed E-state index contributed by atoms with van der Waals surface area (Å²) in [5.74, 6) is 0. The van der Waals surface area contributed by atoms with E-state index in [9.17, 15) is 0 Å². The summed E-state index contributed by atoms with van der Waals surface area (Å²) >= 11 is 7.33. The Morgan fingerprint density at radius 2 is 0.957 bits per heavy atom. The van der Waals surface area contributed by atoms with Crippen LogP contribution >= 0.6 is 31.9 Å². The van der Waals surface area contributed by atoms with E-state index in [0.717, 1.165) is 30.9 Å². The normalized spacial score (nSPS) is 11.9. The Bertz CT molecular complexity index is 1140. The van der Waals surface area contributed by atoms with Crippen LogP contribution < -0.4 is 0 Å². The molecule has 0 aliphatic rings. The van der Waals surface area contributed by atoms with Gasteiger partial charge in [0.25, 0.3) is 0 Å². The van der Waals surface area contributed by atoms with Crippen molar-refractivity contribution in [3.05, 3.63) is 69.6 Å². The molecule has 0 amide bonds. The number of rotatable bonds is 0. The van der Waals surface area contributed by atoms with E-state index < -0.39 is 0 Å². The van der Waals surface area contributed by atoms with Crippen LogP contribution in [0, 0.1) is 0 Å². The van der Waals surface area contributed by atoms with Crippen molar-refractivity contribution >= 4 is 75.3 Å². The van der Waals surface area contributed by atoms with Crippen LogP contribution in [0.4, 0.5) is 0 Å². The molecule has 0 N–H and O–H groups in total. The van der Waals surface area contributed by atoms with Crippen LogP contribution in [0.25, 0.3) is 43.5 Å². The molecule has 0 atom stereocenters. The van der Waals surface area contributed by atoms with Crippen LogP contribution in [0.1, 0.15) is 0 Å². The zero-order chi connectivity index (χ0) is 15.6. The van der Waals surface area contributed by atoms with Crippen LogP contribution in [0.3, 0.4) is 0 Å². The van der Waals surface area contributed by atoms with Crippen molar-refractivity contribution in [2.75, 3.05) is 0 Å². The highest BCUT2D eigenvalue weighted by molar-refractivity contribution is 9.11. The number of halogens is 2. The van der Waals surface area contributed by atoms with Gasteiger partial charge in [-0.15, -0.1) is 0 Å². The minimum Gasteiger partial charge on any atom is -0.456 e. The predicted octanol–water partition coefficient (Wildman–Crippen LogP) is 7.42. The molecule has 0 aliphatic carbocycles. The van der Waals surface area contributed by atoms with Crippen molar-refractivity contribution in [3.8, 4) is 0 Å². The molecule has 1 heterocycles. The van der Waals surface area contributed by atoms with Gasteiger partial charge in [0.1, 0.15) is 11.2 Å². The molecule has 5 aromatic rings. The van der Waals surface area contributed by atoms with Gasteiger partial charge in [-0.05, 0) is 35.0 Å². The van der Waals surface area contributed by atoms with E-state index in [-0.39, 0.29) is 0 Å². The zero-order valence-corrected chi connectivity index (χ0v) is 15.1. The van der Waals surface area contributed by atoms with Crippen LogP contribution in [-0.4, -0.2) is 0 Å². The SMILES string of the molecule is Brc1ccc2oc3ccc(Br)c4cccc(c5cccc1c25)c34. The first-order chi connectivity index (χ1) is 11.2. The highest BCUT2D eigenvalue weighted by atomic mass is 79.9. The summed E-state index contributed by atoms with van der Waals surface area (Å²) in [6.07, 6.45) is 0. The maximum Gasteiger partial charge on any atom is 0.135 e. The van der Waals surface area contributed by atoms with Crippen molar-refractivity contribution in [2.45, 2.75) is 0 Å². The van der Waals surface area contributed by atoms with Gasteiger partial charge in [-0.1, -0.05) is 68.3 Å². The quantitative estimate of drug-likeness (QED) is 0.251. The second-order valence-corrected chi connectivity index (χ2v) is 7.36. The molecule has 0 unspecified atom stereocenters. The molecule has 110 valence electrons. The molecule has 0 radical (unpaired) electrons. The fraction of sp³-hybridized carbons (Fsp3) is 0. The Kier molecular flexibility index (Phi) is 2.85. The second kappa shape index (κ2) is 4.83. The zero-order valence-electron chi connectivity index (χ0n) is 11.9. The first-order valence-corrected chi connectivity index (χ1v) is 8.93. The number of benzene rings is 4. The van der Waals surface area contributed by atoms with E-state index in [0.29, 0.717) is 0 Å². The monoisotopic (exact) mass is 424 g/mol. The molecule has 1 aromatic heterocycles. The maximum atomic E-state index is 6.31. The Balaban J connectivity index is 2.27. The predicted molar refractivity (Wildman–Crippen MR) is 104 cm³/mol. The Hall–Kier alpha value is -1.84. The summed E-state index contributed by atoms with van der Waals surface area (Å²) in [4.78, 5) is 0. The van der Waals surface area contributed by atoms with Crippen molar-refractivity contribution in [3.63, 3.8) is 0 Å². The molecular formula is C20H10Br2O. The first-order valence-electron chi connectivity index (χ1n) is 7.35. The van der Waals surface area contributed by atoms with Crippen LogP contribution in [-0.2, 0) is 0 Å². The summed E-state index contributed by atoms with van der Waals surface area (Å²) < 4.78 is 8.48. The van der Waals surface area contributed by atoms with Gasteiger partial charge < -0.3 is 4.42 Å². The molecule has 23 heavy (non-hydrogen) atoms. The van der Waals surface area contributed by atoms with E-state index in [1.165, 1.54) is 21.5 Å². The summed E-state index contributed by atoms with van der Waals surface area (Å²) in [6.45, 7) is 0. The summed E-state index contributed by atoms with van der Waals surface area (Å²) in [5.41, 5.74) is 1.80. The minimum atomic E-state index is 0.902. The van der Waals surface area contributed by atoms with Crippen molar-refractivity contribution in [1.29, 1.82) is 0 Å². The minimum absolute atomic E-state index is 0.902. The van der Waals surface area contributed by atoms with E-state index >= 15 is 0 Å². The van der Waals surface area contributed by atoms with Gasteiger partial charge in [0.05, 0.1) is 0 Å². The van der Waals surface area contributed by atoms with E-state index in [1.54, 1.807) is 0 Å². The third kappa shape index (κ3) is 1.84. The molecule has 5 rings (SSSR count). The average molecular weight is 426 g/mol. The standard InChI is InChI=1S/C20H10Br2O/c21-15-7-9-17-19-11(3-1-5-13(15)19)12-4-2-6-14-16(22)8-10-18(23-17)20(12)14/h1-10H. The highest BCUT2D eigenvalue weighted by Gasteiger charge is 2.13. The van der Waals surface area contributed by atoms with Gasteiger partial charge in [-0.2, -0.15) is 0 Å². The van der Waals surface area contributed by atoms with E-state index in [1.807, 2.05) is 24.3 Å². The molecule has 0 saturated carbocycles. The molecular weight excluding hydrogens is 416 g/mol. The number of hydrogen-bond donors (Lipinski definition) is 0. The van der Waals surface area contributed by atoms with Crippen LogP contribution in [0.5, 0.6) is 0 Å². The Labute approximate surface area is 149 Å². The lowest BCUT2D eigenvalue weighted by Gasteiger charge is -2.04. The largest absolute Gasteiger partial charge is 0.456 e. The van der Waals surface area contributed by atoms with Gasteiger partial charge in [0.2, 0.25) is 0 Å². The molecule has 4 aromatic carbocycles. The van der Waals surface area contributed by atoms with Gasteiger partial charge in [0, 0.05) is 30.5 Å².